The summed E-state index contributed by atoms with van der Waals surface area (Å²) in [6.45, 7) is 3.78. The molecule has 0 aliphatic carbocycles. The summed E-state index contributed by atoms with van der Waals surface area (Å²) in [6.07, 6.45) is 4.22. The molecule has 1 saturated heterocycles. The number of ketones is 1. The molecular weight excluding hydrogens is 220 g/mol. The summed E-state index contributed by atoms with van der Waals surface area (Å²) in [5.74, 6) is -0.132. The van der Waals surface area contributed by atoms with Crippen molar-refractivity contribution in [2.45, 2.75) is 45.4 Å². The molecule has 1 rings (SSSR count). The third-order valence-electron chi connectivity index (χ3n) is 2.95. The highest BCUT2D eigenvalue weighted by atomic mass is 16.5. The average molecular weight is 242 g/mol. The summed E-state index contributed by atoms with van der Waals surface area (Å²) in [6, 6.07) is 0. The van der Waals surface area contributed by atoms with Crippen LogP contribution in [0, 0.1) is 5.92 Å². The van der Waals surface area contributed by atoms with Gasteiger partial charge in [0.1, 0.15) is 5.78 Å². The fraction of sp³-hybridized carbons (Fsp3) is 0.846. The highest BCUT2D eigenvalue weighted by Crippen LogP contribution is 2.16. The third kappa shape index (κ3) is 5.82. The van der Waals surface area contributed by atoms with Gasteiger partial charge in [0.05, 0.1) is 19.6 Å². The molecular formula is C13H22O4. The van der Waals surface area contributed by atoms with E-state index in [2.05, 4.69) is 0 Å². The molecule has 0 amide bonds. The third-order valence-corrected chi connectivity index (χ3v) is 2.95. The number of unbranched alkanes of at least 4 members (excludes halogenated alkanes) is 1. The van der Waals surface area contributed by atoms with Crippen LogP contribution in [0.15, 0.2) is 0 Å². The van der Waals surface area contributed by atoms with Crippen molar-refractivity contribution in [1.82, 2.24) is 0 Å². The zero-order valence-corrected chi connectivity index (χ0v) is 10.6. The molecule has 17 heavy (non-hydrogen) atoms. The number of Topliss-reactive ketones (excluding diaryl/α,β-unsaturated/α-hetero) is 1. The Hall–Kier alpha value is -0.900. The predicted octanol–water partition coefficient (Wildman–Crippen LogP) is 2.11. The van der Waals surface area contributed by atoms with Gasteiger partial charge in [0.25, 0.3) is 0 Å². The molecule has 1 fully saturated rings. The summed E-state index contributed by atoms with van der Waals surface area (Å²) >= 11 is 0. The van der Waals surface area contributed by atoms with Gasteiger partial charge >= 0.3 is 5.97 Å². The van der Waals surface area contributed by atoms with Crippen LogP contribution in [0.1, 0.15) is 45.4 Å². The highest BCUT2D eigenvalue weighted by molar-refractivity contribution is 5.84. The lowest BCUT2D eigenvalue weighted by Gasteiger charge is -2.20. The van der Waals surface area contributed by atoms with Crippen molar-refractivity contribution in [3.05, 3.63) is 0 Å². The summed E-state index contributed by atoms with van der Waals surface area (Å²) in [4.78, 5) is 23.0. The van der Waals surface area contributed by atoms with E-state index in [9.17, 15) is 9.59 Å². The van der Waals surface area contributed by atoms with E-state index < -0.39 is 0 Å². The van der Waals surface area contributed by atoms with Crippen LogP contribution in [0.3, 0.4) is 0 Å². The van der Waals surface area contributed by atoms with Crippen molar-refractivity contribution in [2.75, 3.05) is 19.8 Å². The molecule has 1 unspecified atom stereocenters. The number of carbonyl (C=O) groups is 2. The number of esters is 1. The quantitative estimate of drug-likeness (QED) is 0.507. The standard InChI is InChI=1S/C13H22O4/c1-2-3-9-17-13(15)7-6-12(14)11-5-4-8-16-10-11/h11H,2-10H2,1H3. The summed E-state index contributed by atoms with van der Waals surface area (Å²) in [5, 5.41) is 0. The van der Waals surface area contributed by atoms with Gasteiger partial charge in [-0.2, -0.15) is 0 Å². The van der Waals surface area contributed by atoms with Gasteiger partial charge in [-0.05, 0) is 19.3 Å². The Morgan fingerprint density at radius 1 is 1.35 bits per heavy atom. The molecule has 0 aromatic rings. The highest BCUT2D eigenvalue weighted by Gasteiger charge is 2.22. The molecule has 0 spiro atoms. The minimum absolute atomic E-state index is 0.00723. The van der Waals surface area contributed by atoms with Gasteiger partial charge in [-0.1, -0.05) is 13.3 Å². The van der Waals surface area contributed by atoms with Crippen LogP contribution in [0.2, 0.25) is 0 Å². The Labute approximate surface area is 103 Å². The van der Waals surface area contributed by atoms with Gasteiger partial charge in [0.2, 0.25) is 0 Å². The maximum Gasteiger partial charge on any atom is 0.306 e. The minimum atomic E-state index is -0.261. The molecule has 0 radical (unpaired) electrons. The van der Waals surface area contributed by atoms with E-state index in [1.807, 2.05) is 6.92 Å². The molecule has 0 bridgehead atoms. The van der Waals surface area contributed by atoms with Crippen molar-refractivity contribution in [3.8, 4) is 0 Å². The van der Waals surface area contributed by atoms with E-state index in [-0.39, 0.29) is 24.1 Å². The first-order chi connectivity index (χ1) is 8.24. The number of hydrogen-bond donors (Lipinski definition) is 0. The number of carbonyl (C=O) groups excluding carboxylic acids is 2. The van der Waals surface area contributed by atoms with Crippen molar-refractivity contribution < 1.29 is 19.1 Å². The average Bonchev–Trinajstić information content (AvgIpc) is 2.37. The van der Waals surface area contributed by atoms with Gasteiger partial charge in [-0.3, -0.25) is 9.59 Å². The molecule has 4 nitrogen and oxygen atoms in total. The van der Waals surface area contributed by atoms with Gasteiger partial charge < -0.3 is 9.47 Å². The van der Waals surface area contributed by atoms with Gasteiger partial charge in [-0.25, -0.2) is 0 Å². The first-order valence-corrected chi connectivity index (χ1v) is 6.50. The van der Waals surface area contributed by atoms with Crippen molar-refractivity contribution in [1.29, 1.82) is 0 Å². The Bertz CT molecular complexity index is 244. The van der Waals surface area contributed by atoms with Crippen LogP contribution in [0.4, 0.5) is 0 Å². The smallest absolute Gasteiger partial charge is 0.306 e. The van der Waals surface area contributed by atoms with Crippen molar-refractivity contribution in [2.24, 2.45) is 5.92 Å². The van der Waals surface area contributed by atoms with E-state index in [1.165, 1.54) is 0 Å². The van der Waals surface area contributed by atoms with Crippen molar-refractivity contribution >= 4 is 11.8 Å². The Kier molecular flexibility index (Phi) is 6.86. The molecule has 1 aliphatic heterocycles. The second-order valence-corrected chi connectivity index (χ2v) is 4.45. The normalized spacial score (nSPS) is 19.9. The zero-order valence-electron chi connectivity index (χ0n) is 10.6. The lowest BCUT2D eigenvalue weighted by Crippen LogP contribution is -2.25. The van der Waals surface area contributed by atoms with Crippen LogP contribution < -0.4 is 0 Å². The lowest BCUT2D eigenvalue weighted by atomic mass is 9.95. The largest absolute Gasteiger partial charge is 0.466 e. The Balaban J connectivity index is 2.11. The van der Waals surface area contributed by atoms with Crippen LogP contribution in [0.5, 0.6) is 0 Å². The Morgan fingerprint density at radius 2 is 2.18 bits per heavy atom. The molecule has 98 valence electrons. The van der Waals surface area contributed by atoms with E-state index in [0.717, 1.165) is 32.3 Å². The first-order valence-electron chi connectivity index (χ1n) is 6.50. The first kappa shape index (κ1) is 14.2. The Morgan fingerprint density at radius 3 is 2.82 bits per heavy atom. The second kappa shape index (κ2) is 8.23. The minimum Gasteiger partial charge on any atom is -0.466 e. The molecule has 1 heterocycles. The van der Waals surface area contributed by atoms with E-state index in [0.29, 0.717) is 19.6 Å². The topological polar surface area (TPSA) is 52.6 Å². The summed E-state index contributed by atoms with van der Waals surface area (Å²) in [7, 11) is 0. The fourth-order valence-corrected chi connectivity index (χ4v) is 1.83. The van der Waals surface area contributed by atoms with Gasteiger partial charge in [0, 0.05) is 18.9 Å². The summed E-state index contributed by atoms with van der Waals surface area (Å²) < 4.78 is 10.3. The molecule has 0 saturated carbocycles. The molecule has 0 N–H and O–H groups in total. The van der Waals surface area contributed by atoms with Crippen LogP contribution in [-0.2, 0) is 19.1 Å². The number of hydrogen-bond acceptors (Lipinski definition) is 4. The molecule has 0 aromatic heterocycles. The monoisotopic (exact) mass is 242 g/mol. The van der Waals surface area contributed by atoms with Gasteiger partial charge in [0.15, 0.2) is 0 Å². The van der Waals surface area contributed by atoms with Crippen LogP contribution in [-0.4, -0.2) is 31.6 Å². The maximum absolute atomic E-state index is 11.7. The van der Waals surface area contributed by atoms with E-state index in [1.54, 1.807) is 0 Å². The van der Waals surface area contributed by atoms with Crippen LogP contribution >= 0.6 is 0 Å². The fourth-order valence-electron chi connectivity index (χ4n) is 1.83. The lowest BCUT2D eigenvalue weighted by molar-refractivity contribution is -0.145. The molecule has 4 heteroatoms. The molecule has 1 aliphatic rings. The van der Waals surface area contributed by atoms with Gasteiger partial charge in [-0.15, -0.1) is 0 Å². The molecule has 0 aromatic carbocycles. The molecule has 1 atom stereocenters. The SMILES string of the molecule is CCCCOC(=O)CCC(=O)C1CCCOC1. The predicted molar refractivity (Wildman–Crippen MR) is 63.7 cm³/mol. The van der Waals surface area contributed by atoms with Crippen molar-refractivity contribution in [3.63, 3.8) is 0 Å². The maximum atomic E-state index is 11.7. The zero-order chi connectivity index (χ0) is 12.5. The number of rotatable bonds is 7. The van der Waals surface area contributed by atoms with E-state index in [4.69, 9.17) is 9.47 Å². The van der Waals surface area contributed by atoms with E-state index >= 15 is 0 Å². The van der Waals surface area contributed by atoms with Crippen LogP contribution in [0.25, 0.3) is 0 Å². The number of ether oxygens (including phenoxy) is 2. The summed E-state index contributed by atoms with van der Waals surface area (Å²) in [5.41, 5.74) is 0. The second-order valence-electron chi connectivity index (χ2n) is 4.45.